The molecular weight excluding hydrogens is 204 g/mol. The first-order valence-electron chi connectivity index (χ1n) is 6.27. The van der Waals surface area contributed by atoms with E-state index < -0.39 is 0 Å². The molecule has 0 saturated carbocycles. The average Bonchev–Trinajstić information content (AvgIpc) is 2.76. The molecule has 16 heavy (non-hydrogen) atoms. The Morgan fingerprint density at radius 3 is 2.69 bits per heavy atom. The Labute approximate surface area is 97.3 Å². The maximum Gasteiger partial charge on any atom is 0.240 e. The molecule has 2 saturated heterocycles. The molecule has 4 nitrogen and oxygen atoms in total. The molecule has 2 aliphatic rings. The van der Waals surface area contributed by atoms with Crippen molar-refractivity contribution < 1.29 is 9.53 Å². The van der Waals surface area contributed by atoms with Gasteiger partial charge in [0.15, 0.2) is 0 Å². The van der Waals surface area contributed by atoms with Crippen molar-refractivity contribution in [3.63, 3.8) is 0 Å². The van der Waals surface area contributed by atoms with Crippen LogP contribution < -0.4 is 5.32 Å². The van der Waals surface area contributed by atoms with E-state index in [-0.39, 0.29) is 18.1 Å². The van der Waals surface area contributed by atoms with Gasteiger partial charge in [-0.15, -0.1) is 0 Å². The summed E-state index contributed by atoms with van der Waals surface area (Å²) in [7, 11) is 0. The van der Waals surface area contributed by atoms with Crippen LogP contribution in [0, 0.1) is 0 Å². The highest BCUT2D eigenvalue weighted by Crippen LogP contribution is 2.19. The summed E-state index contributed by atoms with van der Waals surface area (Å²) < 4.78 is 5.50. The highest BCUT2D eigenvalue weighted by molar-refractivity contribution is 5.84. The van der Waals surface area contributed by atoms with Crippen molar-refractivity contribution in [2.45, 2.75) is 57.8 Å². The van der Waals surface area contributed by atoms with E-state index in [1.54, 1.807) is 0 Å². The SMILES string of the molecule is CC1OCCC1NC1CCN(C(C)C)C1=O. The van der Waals surface area contributed by atoms with Gasteiger partial charge in [-0.1, -0.05) is 0 Å². The zero-order chi connectivity index (χ0) is 11.7. The van der Waals surface area contributed by atoms with E-state index in [4.69, 9.17) is 4.74 Å². The maximum atomic E-state index is 12.1. The Kier molecular flexibility index (Phi) is 3.50. The van der Waals surface area contributed by atoms with Crippen LogP contribution in [-0.4, -0.2) is 48.2 Å². The van der Waals surface area contributed by atoms with Crippen LogP contribution in [0.5, 0.6) is 0 Å². The summed E-state index contributed by atoms with van der Waals surface area (Å²) in [5.74, 6) is 0.258. The largest absolute Gasteiger partial charge is 0.377 e. The van der Waals surface area contributed by atoms with E-state index in [2.05, 4.69) is 26.1 Å². The van der Waals surface area contributed by atoms with Gasteiger partial charge in [0.2, 0.25) is 5.91 Å². The number of hydrogen-bond donors (Lipinski definition) is 1. The molecule has 0 bridgehead atoms. The first-order chi connectivity index (χ1) is 7.59. The van der Waals surface area contributed by atoms with Gasteiger partial charge in [0.25, 0.3) is 0 Å². The van der Waals surface area contributed by atoms with Crippen molar-refractivity contribution in [3.8, 4) is 0 Å². The standard InChI is InChI=1S/C12H22N2O2/c1-8(2)14-6-4-11(12(14)15)13-10-5-7-16-9(10)3/h8-11,13H,4-7H2,1-3H3. The predicted molar refractivity (Wildman–Crippen MR) is 62.2 cm³/mol. The number of ether oxygens (including phenoxy) is 1. The molecule has 92 valence electrons. The summed E-state index contributed by atoms with van der Waals surface area (Å²) in [5, 5.41) is 3.45. The molecule has 2 aliphatic heterocycles. The van der Waals surface area contributed by atoms with Crippen LogP contribution in [0.4, 0.5) is 0 Å². The van der Waals surface area contributed by atoms with Crippen LogP contribution in [0.25, 0.3) is 0 Å². The van der Waals surface area contributed by atoms with Crippen molar-refractivity contribution >= 4 is 5.91 Å². The van der Waals surface area contributed by atoms with E-state index in [0.29, 0.717) is 12.1 Å². The smallest absolute Gasteiger partial charge is 0.240 e. The molecule has 2 heterocycles. The first kappa shape index (κ1) is 11.9. The number of carbonyl (C=O) groups excluding carboxylic acids is 1. The second-order valence-corrected chi connectivity index (χ2v) is 5.10. The molecule has 1 N–H and O–H groups in total. The van der Waals surface area contributed by atoms with Crippen LogP contribution in [-0.2, 0) is 9.53 Å². The van der Waals surface area contributed by atoms with Crippen molar-refractivity contribution in [1.82, 2.24) is 10.2 Å². The molecule has 0 radical (unpaired) electrons. The third-order valence-electron chi connectivity index (χ3n) is 3.65. The fourth-order valence-corrected chi connectivity index (χ4v) is 2.58. The number of rotatable bonds is 3. The van der Waals surface area contributed by atoms with Gasteiger partial charge in [-0.25, -0.2) is 0 Å². The van der Waals surface area contributed by atoms with Crippen molar-refractivity contribution in [1.29, 1.82) is 0 Å². The third-order valence-corrected chi connectivity index (χ3v) is 3.65. The fraction of sp³-hybridized carbons (Fsp3) is 0.917. The van der Waals surface area contributed by atoms with E-state index in [1.165, 1.54) is 0 Å². The highest BCUT2D eigenvalue weighted by Gasteiger charge is 2.36. The Balaban J connectivity index is 1.89. The Bertz CT molecular complexity index is 268. The molecule has 0 aromatic heterocycles. The number of amides is 1. The number of nitrogens with one attached hydrogen (secondary N) is 1. The van der Waals surface area contributed by atoms with Gasteiger partial charge in [-0.3, -0.25) is 4.79 Å². The number of carbonyl (C=O) groups is 1. The molecule has 2 rings (SSSR count). The van der Waals surface area contributed by atoms with Gasteiger partial charge in [-0.2, -0.15) is 0 Å². The molecule has 0 aromatic carbocycles. The lowest BCUT2D eigenvalue weighted by atomic mass is 10.1. The number of nitrogens with zero attached hydrogens (tertiary/aromatic N) is 1. The fourth-order valence-electron chi connectivity index (χ4n) is 2.58. The predicted octanol–water partition coefficient (Wildman–Crippen LogP) is 0.763. The van der Waals surface area contributed by atoms with Crippen molar-refractivity contribution in [3.05, 3.63) is 0 Å². The molecule has 3 unspecified atom stereocenters. The molecule has 0 aliphatic carbocycles. The van der Waals surface area contributed by atoms with Gasteiger partial charge >= 0.3 is 0 Å². The topological polar surface area (TPSA) is 41.6 Å². The molecule has 1 amide bonds. The van der Waals surface area contributed by atoms with Crippen LogP contribution in [0.15, 0.2) is 0 Å². The van der Waals surface area contributed by atoms with E-state index >= 15 is 0 Å². The third kappa shape index (κ3) is 2.23. The van der Waals surface area contributed by atoms with Crippen LogP contribution in [0.2, 0.25) is 0 Å². The lowest BCUT2D eigenvalue weighted by molar-refractivity contribution is -0.131. The van der Waals surface area contributed by atoms with Gasteiger partial charge < -0.3 is 15.0 Å². The summed E-state index contributed by atoms with van der Waals surface area (Å²) in [5.41, 5.74) is 0. The van der Waals surface area contributed by atoms with Crippen LogP contribution >= 0.6 is 0 Å². The molecule has 0 spiro atoms. The van der Waals surface area contributed by atoms with E-state index in [1.807, 2.05) is 4.90 Å². The highest BCUT2D eigenvalue weighted by atomic mass is 16.5. The second kappa shape index (κ2) is 4.72. The normalized spacial score (nSPS) is 35.4. The summed E-state index contributed by atoms with van der Waals surface area (Å²) in [4.78, 5) is 14.0. The van der Waals surface area contributed by atoms with Gasteiger partial charge in [-0.05, 0) is 33.6 Å². The summed E-state index contributed by atoms with van der Waals surface area (Å²) in [6, 6.07) is 0.675. The number of likely N-dealkylation sites (tertiary alicyclic amines) is 1. The minimum absolute atomic E-state index is 0.0107. The first-order valence-corrected chi connectivity index (χ1v) is 6.27. The summed E-state index contributed by atoms with van der Waals surface area (Å²) >= 11 is 0. The van der Waals surface area contributed by atoms with E-state index in [0.717, 1.165) is 26.0 Å². The Morgan fingerprint density at radius 2 is 2.19 bits per heavy atom. The molecule has 2 fully saturated rings. The minimum atomic E-state index is 0.0107. The summed E-state index contributed by atoms with van der Waals surface area (Å²) in [6.07, 6.45) is 2.19. The van der Waals surface area contributed by atoms with Crippen LogP contribution in [0.3, 0.4) is 0 Å². The van der Waals surface area contributed by atoms with Gasteiger partial charge in [0.05, 0.1) is 12.1 Å². The summed E-state index contributed by atoms with van der Waals surface area (Å²) in [6.45, 7) is 7.91. The maximum absolute atomic E-state index is 12.1. The number of hydrogen-bond acceptors (Lipinski definition) is 3. The Hall–Kier alpha value is -0.610. The lowest BCUT2D eigenvalue weighted by Crippen LogP contribution is -2.47. The monoisotopic (exact) mass is 226 g/mol. The second-order valence-electron chi connectivity index (χ2n) is 5.10. The lowest BCUT2D eigenvalue weighted by Gasteiger charge is -2.23. The zero-order valence-electron chi connectivity index (χ0n) is 10.4. The molecular formula is C12H22N2O2. The average molecular weight is 226 g/mol. The van der Waals surface area contributed by atoms with Crippen molar-refractivity contribution in [2.75, 3.05) is 13.2 Å². The van der Waals surface area contributed by atoms with Crippen molar-refractivity contribution in [2.24, 2.45) is 0 Å². The molecule has 4 heteroatoms. The minimum Gasteiger partial charge on any atom is -0.377 e. The molecule has 0 aromatic rings. The quantitative estimate of drug-likeness (QED) is 0.772. The van der Waals surface area contributed by atoms with Gasteiger partial charge in [0.1, 0.15) is 0 Å². The molecule has 3 atom stereocenters. The zero-order valence-corrected chi connectivity index (χ0v) is 10.4. The Morgan fingerprint density at radius 1 is 1.44 bits per heavy atom. The van der Waals surface area contributed by atoms with Gasteiger partial charge in [0, 0.05) is 25.2 Å². The van der Waals surface area contributed by atoms with E-state index in [9.17, 15) is 4.79 Å². The van der Waals surface area contributed by atoms with Crippen LogP contribution in [0.1, 0.15) is 33.6 Å².